The summed E-state index contributed by atoms with van der Waals surface area (Å²) in [4.78, 5) is 14.8. The third kappa shape index (κ3) is 4.01. The molecule has 0 spiro atoms. The third-order valence-corrected chi connectivity index (χ3v) is 4.28. The molecule has 1 aromatic heterocycles. The summed E-state index contributed by atoms with van der Waals surface area (Å²) in [5.74, 6) is 0.428. The molecule has 27 heavy (non-hydrogen) atoms. The van der Waals surface area contributed by atoms with Crippen LogP contribution in [0.1, 0.15) is 21.7 Å². The van der Waals surface area contributed by atoms with E-state index in [4.69, 9.17) is 18.9 Å². The van der Waals surface area contributed by atoms with Crippen molar-refractivity contribution in [2.24, 2.45) is 0 Å². The molecule has 2 aromatic rings. The van der Waals surface area contributed by atoms with Crippen LogP contribution in [0, 0.1) is 0 Å². The number of carbonyl (C=O) groups is 1. The number of ether oxygens (including phenoxy) is 4. The van der Waals surface area contributed by atoms with E-state index >= 15 is 0 Å². The van der Waals surface area contributed by atoms with Crippen molar-refractivity contribution in [1.82, 2.24) is 10.3 Å². The smallest absolute Gasteiger partial charge is 0.352 e. The normalized spacial score (nSPS) is 10.7. The number of benzene rings is 1. The van der Waals surface area contributed by atoms with Gasteiger partial charge in [-0.3, -0.25) is 0 Å². The van der Waals surface area contributed by atoms with Gasteiger partial charge in [-0.15, -0.1) is 0 Å². The fourth-order valence-corrected chi connectivity index (χ4v) is 3.17. The van der Waals surface area contributed by atoms with E-state index in [0.29, 0.717) is 42.4 Å². The van der Waals surface area contributed by atoms with Crippen LogP contribution in [0.4, 0.5) is 0 Å². The Hall–Kier alpha value is -2.71. The molecule has 0 fully saturated rings. The predicted octanol–water partition coefficient (Wildman–Crippen LogP) is 2.31. The van der Waals surface area contributed by atoms with Gasteiger partial charge in [-0.05, 0) is 31.2 Å². The van der Waals surface area contributed by atoms with Crippen molar-refractivity contribution in [3.8, 4) is 28.4 Å². The fourth-order valence-electron chi connectivity index (χ4n) is 3.17. The number of carboxylic acids is 1. The molecule has 0 saturated heterocycles. The number of nitrogens with one attached hydrogen (secondary N) is 2. The van der Waals surface area contributed by atoms with E-state index in [-0.39, 0.29) is 5.69 Å². The average molecular weight is 378 g/mol. The number of H-pyrrole nitrogens is 1. The van der Waals surface area contributed by atoms with Gasteiger partial charge in [-0.2, -0.15) is 0 Å². The minimum atomic E-state index is -1.02. The Morgan fingerprint density at radius 3 is 2.33 bits per heavy atom. The monoisotopic (exact) mass is 378 g/mol. The average Bonchev–Trinajstić information content (AvgIpc) is 3.03. The number of hydrogen-bond donors (Lipinski definition) is 3. The Labute approximate surface area is 158 Å². The molecule has 0 aliphatic heterocycles. The van der Waals surface area contributed by atoms with Crippen molar-refractivity contribution in [1.29, 1.82) is 0 Å². The largest absolute Gasteiger partial charge is 0.493 e. The van der Waals surface area contributed by atoms with E-state index in [1.54, 1.807) is 27.3 Å². The molecule has 0 amide bonds. The molecule has 148 valence electrons. The molecule has 8 heteroatoms. The number of aromatic carboxylic acids is 1. The van der Waals surface area contributed by atoms with Crippen molar-refractivity contribution >= 4 is 5.97 Å². The number of rotatable bonds is 10. The SMILES string of the molecule is CNCc1[nH]c(C(=O)O)c(CCOC)c1-c1ccc(OC)c(OC)c1OC. The molecule has 0 aliphatic rings. The lowest BCUT2D eigenvalue weighted by atomic mass is 9.96. The number of aromatic amines is 1. The van der Waals surface area contributed by atoms with Gasteiger partial charge in [0.2, 0.25) is 5.75 Å². The van der Waals surface area contributed by atoms with Crippen molar-refractivity contribution in [3.05, 3.63) is 29.1 Å². The van der Waals surface area contributed by atoms with Gasteiger partial charge in [0.1, 0.15) is 5.69 Å². The maximum Gasteiger partial charge on any atom is 0.352 e. The molecule has 0 aliphatic carbocycles. The van der Waals surface area contributed by atoms with E-state index in [1.807, 2.05) is 6.07 Å². The zero-order chi connectivity index (χ0) is 20.0. The summed E-state index contributed by atoms with van der Waals surface area (Å²) in [6.07, 6.45) is 0.436. The van der Waals surface area contributed by atoms with Crippen LogP contribution >= 0.6 is 0 Å². The number of aromatic nitrogens is 1. The van der Waals surface area contributed by atoms with E-state index in [0.717, 1.165) is 16.8 Å². The van der Waals surface area contributed by atoms with Crippen LogP contribution in [0.3, 0.4) is 0 Å². The highest BCUT2D eigenvalue weighted by molar-refractivity contribution is 5.93. The lowest BCUT2D eigenvalue weighted by molar-refractivity contribution is 0.0689. The summed E-state index contributed by atoms with van der Waals surface area (Å²) >= 11 is 0. The van der Waals surface area contributed by atoms with E-state index in [2.05, 4.69) is 10.3 Å². The second-order valence-electron chi connectivity index (χ2n) is 5.79. The molecular formula is C19H26N2O6. The van der Waals surface area contributed by atoms with Crippen LogP contribution in [0.25, 0.3) is 11.1 Å². The van der Waals surface area contributed by atoms with Gasteiger partial charge >= 0.3 is 5.97 Å². The molecule has 1 aromatic carbocycles. The standard InChI is InChI=1S/C19H26N2O6/c1-20-10-13-15(11(8-9-24-2)16(21-13)19(22)23)12-6-7-14(25-3)18(27-5)17(12)26-4/h6-7,20-21H,8-10H2,1-5H3,(H,22,23). The lowest BCUT2D eigenvalue weighted by Crippen LogP contribution is -2.07. The van der Waals surface area contributed by atoms with Crippen LogP contribution in [-0.4, -0.2) is 58.2 Å². The highest BCUT2D eigenvalue weighted by atomic mass is 16.5. The summed E-state index contributed by atoms with van der Waals surface area (Å²) in [5.41, 5.74) is 3.02. The quantitative estimate of drug-likeness (QED) is 0.583. The van der Waals surface area contributed by atoms with E-state index < -0.39 is 5.97 Å². The number of carboxylic acid groups (broad SMARTS) is 1. The van der Waals surface area contributed by atoms with Gasteiger partial charge in [-0.1, -0.05) is 0 Å². The minimum Gasteiger partial charge on any atom is -0.493 e. The Morgan fingerprint density at radius 1 is 1.11 bits per heavy atom. The molecular weight excluding hydrogens is 352 g/mol. The molecule has 0 unspecified atom stereocenters. The van der Waals surface area contributed by atoms with Crippen LogP contribution < -0.4 is 19.5 Å². The summed E-state index contributed by atoms with van der Waals surface area (Å²) in [6.45, 7) is 0.847. The maximum absolute atomic E-state index is 11.8. The van der Waals surface area contributed by atoms with Gasteiger partial charge < -0.3 is 34.4 Å². The van der Waals surface area contributed by atoms with Crippen molar-refractivity contribution in [2.45, 2.75) is 13.0 Å². The summed E-state index contributed by atoms with van der Waals surface area (Å²) < 4.78 is 21.6. The lowest BCUT2D eigenvalue weighted by Gasteiger charge is -2.17. The number of hydrogen-bond acceptors (Lipinski definition) is 6. The molecule has 0 radical (unpaired) electrons. The molecule has 0 saturated carbocycles. The van der Waals surface area contributed by atoms with E-state index in [1.165, 1.54) is 14.2 Å². The highest BCUT2D eigenvalue weighted by Gasteiger charge is 2.26. The maximum atomic E-state index is 11.8. The third-order valence-electron chi connectivity index (χ3n) is 4.28. The Balaban J connectivity index is 2.81. The molecule has 0 bridgehead atoms. The van der Waals surface area contributed by atoms with Crippen LogP contribution in [0.5, 0.6) is 17.2 Å². The van der Waals surface area contributed by atoms with Crippen LogP contribution in [-0.2, 0) is 17.7 Å². The number of methoxy groups -OCH3 is 4. The van der Waals surface area contributed by atoms with Crippen LogP contribution in [0.2, 0.25) is 0 Å². The molecule has 0 atom stereocenters. The Kier molecular flexibility index (Phi) is 7.09. The summed E-state index contributed by atoms with van der Waals surface area (Å²) in [6, 6.07) is 3.61. The van der Waals surface area contributed by atoms with Crippen molar-refractivity contribution < 1.29 is 28.8 Å². The molecule has 1 heterocycles. The Bertz CT molecular complexity index is 800. The first kappa shape index (κ1) is 20.6. The first-order chi connectivity index (χ1) is 13.0. The van der Waals surface area contributed by atoms with Gasteiger partial charge in [-0.25, -0.2) is 4.79 Å². The van der Waals surface area contributed by atoms with Gasteiger partial charge in [0, 0.05) is 30.5 Å². The second-order valence-corrected chi connectivity index (χ2v) is 5.79. The van der Waals surface area contributed by atoms with Gasteiger partial charge in [0.15, 0.2) is 11.5 Å². The van der Waals surface area contributed by atoms with Crippen molar-refractivity contribution in [2.75, 3.05) is 42.1 Å². The minimum absolute atomic E-state index is 0.143. The molecule has 3 N–H and O–H groups in total. The fraction of sp³-hybridized carbons (Fsp3) is 0.421. The van der Waals surface area contributed by atoms with Gasteiger partial charge in [0.25, 0.3) is 0 Å². The first-order valence-electron chi connectivity index (χ1n) is 8.43. The second kappa shape index (κ2) is 9.29. The highest BCUT2D eigenvalue weighted by Crippen LogP contribution is 2.46. The predicted molar refractivity (Wildman–Crippen MR) is 101 cm³/mol. The first-order valence-corrected chi connectivity index (χ1v) is 8.43. The molecule has 2 rings (SSSR count). The Morgan fingerprint density at radius 2 is 1.81 bits per heavy atom. The molecule has 8 nitrogen and oxygen atoms in total. The summed E-state index contributed by atoms with van der Waals surface area (Å²) in [7, 11) is 8.00. The zero-order valence-corrected chi connectivity index (χ0v) is 16.3. The zero-order valence-electron chi connectivity index (χ0n) is 16.3. The van der Waals surface area contributed by atoms with E-state index in [9.17, 15) is 9.90 Å². The van der Waals surface area contributed by atoms with Crippen molar-refractivity contribution in [3.63, 3.8) is 0 Å². The topological polar surface area (TPSA) is 102 Å². The summed E-state index contributed by atoms with van der Waals surface area (Å²) in [5, 5.41) is 12.7. The van der Waals surface area contributed by atoms with Crippen LogP contribution in [0.15, 0.2) is 12.1 Å². The van der Waals surface area contributed by atoms with Gasteiger partial charge in [0.05, 0.1) is 27.9 Å².